The smallest absolute Gasteiger partial charge is 0.409 e. The van der Waals surface area contributed by atoms with Crippen molar-refractivity contribution in [1.82, 2.24) is 5.32 Å². The number of hydrogen-bond acceptors (Lipinski definition) is 4. The van der Waals surface area contributed by atoms with Crippen LogP contribution in [0, 0.1) is 0 Å². The maximum absolute atomic E-state index is 11.3. The first kappa shape index (κ1) is 14.0. The van der Waals surface area contributed by atoms with Crippen LogP contribution >= 0.6 is 0 Å². The molecule has 6 nitrogen and oxygen atoms in total. The van der Waals surface area contributed by atoms with Crippen LogP contribution in [0.5, 0.6) is 0 Å². The molecular weight excluding hydrogens is 238 g/mol. The average molecular weight is 253 g/mol. The first-order chi connectivity index (χ1) is 8.63. The summed E-state index contributed by atoms with van der Waals surface area (Å²) in [5, 5.41) is 10.8. The Morgan fingerprint density at radius 1 is 1.33 bits per heavy atom. The van der Waals surface area contributed by atoms with E-state index >= 15 is 0 Å². The molecule has 0 saturated carbocycles. The van der Waals surface area contributed by atoms with Gasteiger partial charge in [-0.2, -0.15) is 0 Å². The second kappa shape index (κ2) is 7.29. The molecule has 0 aromatic heterocycles. The van der Waals surface area contributed by atoms with E-state index in [0.717, 1.165) is 5.56 Å². The summed E-state index contributed by atoms with van der Waals surface area (Å²) >= 11 is 0. The molecule has 1 unspecified atom stereocenters. The molecule has 0 aliphatic rings. The van der Waals surface area contributed by atoms with E-state index in [1.165, 1.54) is 0 Å². The van der Waals surface area contributed by atoms with E-state index in [0.29, 0.717) is 0 Å². The van der Waals surface area contributed by atoms with Gasteiger partial charge in [0.2, 0.25) is 6.23 Å². The number of alkyl carbamates (subject to hydrolysis) is 1. The molecule has 0 spiro atoms. The van der Waals surface area contributed by atoms with Crippen molar-refractivity contribution in [3.05, 3.63) is 35.9 Å². The van der Waals surface area contributed by atoms with Gasteiger partial charge in [-0.15, -0.1) is 0 Å². The lowest BCUT2D eigenvalue weighted by molar-refractivity contribution is -0.151. The molecular formula is C12H15NO5. The Bertz CT molecular complexity index is 393. The van der Waals surface area contributed by atoms with Crippen LogP contribution in [0.4, 0.5) is 4.79 Å². The Kier molecular flexibility index (Phi) is 5.66. The molecule has 1 aromatic rings. The quantitative estimate of drug-likeness (QED) is 0.748. The zero-order valence-electron chi connectivity index (χ0n) is 9.96. The highest BCUT2D eigenvalue weighted by atomic mass is 16.6. The summed E-state index contributed by atoms with van der Waals surface area (Å²) in [6, 6.07) is 9.07. The Labute approximate surface area is 105 Å². The molecule has 0 heterocycles. The van der Waals surface area contributed by atoms with E-state index in [1.54, 1.807) is 19.1 Å². The zero-order chi connectivity index (χ0) is 13.4. The molecule has 1 amide bonds. The standard InChI is InChI=1S/C12H15NO5/c1-2-17-10(11(14)15)13-12(16)18-8-9-6-4-3-5-7-9/h3-7,10H,2,8H2,1H3,(H,13,16)(H,14,15). The van der Waals surface area contributed by atoms with Crippen molar-refractivity contribution in [2.24, 2.45) is 0 Å². The number of ether oxygens (including phenoxy) is 2. The van der Waals surface area contributed by atoms with Crippen LogP contribution in [-0.4, -0.2) is 30.0 Å². The molecule has 0 aliphatic carbocycles. The summed E-state index contributed by atoms with van der Waals surface area (Å²) in [7, 11) is 0. The fourth-order valence-electron chi connectivity index (χ4n) is 1.21. The van der Waals surface area contributed by atoms with E-state index in [2.05, 4.69) is 5.32 Å². The molecule has 6 heteroatoms. The van der Waals surface area contributed by atoms with E-state index in [1.807, 2.05) is 18.2 Å². The van der Waals surface area contributed by atoms with Gasteiger partial charge in [-0.05, 0) is 12.5 Å². The van der Waals surface area contributed by atoms with Crippen molar-refractivity contribution in [1.29, 1.82) is 0 Å². The summed E-state index contributed by atoms with van der Waals surface area (Å²) in [5.41, 5.74) is 0.816. The van der Waals surface area contributed by atoms with E-state index in [-0.39, 0.29) is 13.2 Å². The van der Waals surface area contributed by atoms with Gasteiger partial charge in [0, 0.05) is 6.61 Å². The molecule has 0 radical (unpaired) electrons. The number of rotatable bonds is 6. The molecule has 0 saturated heterocycles. The Morgan fingerprint density at radius 3 is 2.56 bits per heavy atom. The van der Waals surface area contributed by atoms with Crippen LogP contribution in [0.2, 0.25) is 0 Å². The highest BCUT2D eigenvalue weighted by molar-refractivity contribution is 5.78. The molecule has 1 aromatic carbocycles. The van der Waals surface area contributed by atoms with Crippen LogP contribution in [0.1, 0.15) is 12.5 Å². The van der Waals surface area contributed by atoms with Gasteiger partial charge >= 0.3 is 12.1 Å². The van der Waals surface area contributed by atoms with Crippen LogP contribution in [0.3, 0.4) is 0 Å². The van der Waals surface area contributed by atoms with Crippen molar-refractivity contribution in [3.8, 4) is 0 Å². The molecule has 1 atom stereocenters. The van der Waals surface area contributed by atoms with Gasteiger partial charge in [-0.25, -0.2) is 9.59 Å². The third kappa shape index (κ3) is 4.84. The molecule has 18 heavy (non-hydrogen) atoms. The summed E-state index contributed by atoms with van der Waals surface area (Å²) < 4.78 is 9.68. The number of carboxylic acids is 1. The average Bonchev–Trinajstić information content (AvgIpc) is 2.37. The predicted octanol–water partition coefficient (Wildman–Crippen LogP) is 1.36. The van der Waals surface area contributed by atoms with Crippen molar-refractivity contribution in [3.63, 3.8) is 0 Å². The zero-order valence-corrected chi connectivity index (χ0v) is 9.96. The van der Waals surface area contributed by atoms with Crippen molar-refractivity contribution < 1.29 is 24.2 Å². The number of carbonyl (C=O) groups excluding carboxylic acids is 1. The normalized spacial score (nSPS) is 11.6. The number of amides is 1. The summed E-state index contributed by atoms with van der Waals surface area (Å²) in [4.78, 5) is 22.0. The molecule has 98 valence electrons. The van der Waals surface area contributed by atoms with E-state index < -0.39 is 18.3 Å². The number of carboxylic acid groups (broad SMARTS) is 1. The lowest BCUT2D eigenvalue weighted by Gasteiger charge is -2.14. The highest BCUT2D eigenvalue weighted by Gasteiger charge is 2.20. The van der Waals surface area contributed by atoms with Gasteiger partial charge in [0.05, 0.1) is 0 Å². The van der Waals surface area contributed by atoms with Crippen molar-refractivity contribution >= 4 is 12.1 Å². The van der Waals surface area contributed by atoms with Gasteiger partial charge in [0.25, 0.3) is 0 Å². The number of nitrogens with one attached hydrogen (secondary N) is 1. The fourth-order valence-corrected chi connectivity index (χ4v) is 1.21. The number of benzene rings is 1. The molecule has 2 N–H and O–H groups in total. The first-order valence-corrected chi connectivity index (χ1v) is 5.45. The van der Waals surface area contributed by atoms with E-state index in [4.69, 9.17) is 14.6 Å². The van der Waals surface area contributed by atoms with Crippen LogP contribution in [0.25, 0.3) is 0 Å². The fraction of sp³-hybridized carbons (Fsp3) is 0.333. The number of hydrogen-bond donors (Lipinski definition) is 2. The summed E-state index contributed by atoms with van der Waals surface area (Å²) in [6.07, 6.45) is -2.22. The second-order valence-electron chi connectivity index (χ2n) is 3.38. The van der Waals surface area contributed by atoms with E-state index in [9.17, 15) is 9.59 Å². The largest absolute Gasteiger partial charge is 0.478 e. The Balaban J connectivity index is 2.39. The Hall–Kier alpha value is -2.08. The van der Waals surface area contributed by atoms with Crippen LogP contribution < -0.4 is 5.32 Å². The number of aliphatic carboxylic acids is 1. The van der Waals surface area contributed by atoms with Crippen molar-refractivity contribution in [2.75, 3.05) is 6.61 Å². The van der Waals surface area contributed by atoms with Crippen molar-refractivity contribution in [2.45, 2.75) is 19.8 Å². The summed E-state index contributed by atoms with van der Waals surface area (Å²) in [5.74, 6) is -1.27. The maximum Gasteiger partial charge on any atom is 0.409 e. The van der Waals surface area contributed by atoms with Gasteiger partial charge in [0.1, 0.15) is 6.61 Å². The minimum absolute atomic E-state index is 0.0745. The lowest BCUT2D eigenvalue weighted by Crippen LogP contribution is -2.43. The third-order valence-electron chi connectivity index (χ3n) is 2.02. The molecule has 0 aliphatic heterocycles. The highest BCUT2D eigenvalue weighted by Crippen LogP contribution is 2.01. The Morgan fingerprint density at radius 2 is 2.00 bits per heavy atom. The topological polar surface area (TPSA) is 84.9 Å². The minimum atomic E-state index is -1.39. The summed E-state index contributed by atoms with van der Waals surface area (Å²) in [6.45, 7) is 1.88. The second-order valence-corrected chi connectivity index (χ2v) is 3.38. The first-order valence-electron chi connectivity index (χ1n) is 5.45. The third-order valence-corrected chi connectivity index (χ3v) is 2.02. The predicted molar refractivity (Wildman–Crippen MR) is 62.8 cm³/mol. The molecule has 1 rings (SSSR count). The van der Waals surface area contributed by atoms with Crippen LogP contribution in [0.15, 0.2) is 30.3 Å². The van der Waals surface area contributed by atoms with Gasteiger partial charge in [0.15, 0.2) is 0 Å². The number of carbonyl (C=O) groups is 2. The van der Waals surface area contributed by atoms with Gasteiger partial charge < -0.3 is 14.6 Å². The molecule has 0 bridgehead atoms. The minimum Gasteiger partial charge on any atom is -0.478 e. The molecule has 0 fully saturated rings. The lowest BCUT2D eigenvalue weighted by atomic mass is 10.2. The maximum atomic E-state index is 11.3. The van der Waals surface area contributed by atoms with Crippen LogP contribution in [-0.2, 0) is 20.9 Å². The van der Waals surface area contributed by atoms with Gasteiger partial charge in [-0.3, -0.25) is 5.32 Å². The SMILES string of the molecule is CCOC(NC(=O)OCc1ccccc1)C(=O)O. The monoisotopic (exact) mass is 253 g/mol. The van der Waals surface area contributed by atoms with Gasteiger partial charge in [-0.1, -0.05) is 30.3 Å².